The van der Waals surface area contributed by atoms with E-state index in [0.29, 0.717) is 24.0 Å². The Bertz CT molecular complexity index is 903. The molecular formula is C27H31F3. The minimum absolute atomic E-state index is 0.0468. The van der Waals surface area contributed by atoms with Gasteiger partial charge >= 0.3 is 0 Å². The number of hydrogen-bond acceptors (Lipinski definition) is 0. The van der Waals surface area contributed by atoms with E-state index in [1.54, 1.807) is 0 Å². The lowest BCUT2D eigenvalue weighted by Crippen LogP contribution is -2.15. The molecule has 1 saturated carbocycles. The molecule has 0 bridgehead atoms. The summed E-state index contributed by atoms with van der Waals surface area (Å²) in [5.41, 5.74) is 2.99. The van der Waals surface area contributed by atoms with Crippen LogP contribution in [0.1, 0.15) is 69.4 Å². The van der Waals surface area contributed by atoms with Gasteiger partial charge in [-0.25, -0.2) is 13.2 Å². The molecule has 2 aromatic rings. The highest BCUT2D eigenvalue weighted by Gasteiger charge is 2.24. The normalized spacial score (nSPS) is 21.3. The van der Waals surface area contributed by atoms with Crippen molar-refractivity contribution in [1.29, 1.82) is 0 Å². The largest absolute Gasteiger partial charge is 0.207 e. The minimum Gasteiger partial charge on any atom is -0.207 e. The van der Waals surface area contributed by atoms with E-state index in [-0.39, 0.29) is 5.56 Å². The fraction of sp³-hybridized carbons (Fsp3) is 0.481. The van der Waals surface area contributed by atoms with Gasteiger partial charge in [0, 0.05) is 0 Å². The van der Waals surface area contributed by atoms with Gasteiger partial charge in [-0.15, -0.1) is 0 Å². The van der Waals surface area contributed by atoms with Gasteiger partial charge in [-0.1, -0.05) is 69.2 Å². The second kappa shape index (κ2) is 9.41. The van der Waals surface area contributed by atoms with Crippen LogP contribution in [0, 0.1) is 29.3 Å². The maximum absolute atomic E-state index is 15.1. The van der Waals surface area contributed by atoms with E-state index in [1.165, 1.54) is 80.9 Å². The van der Waals surface area contributed by atoms with Gasteiger partial charge in [0.05, 0.1) is 5.56 Å². The molecular weight excluding hydrogens is 381 g/mol. The SMILES string of the molecule is CCCC1CCC(CCC2=CCc3c(cc(F)c(-c4ccc(F)cc4)c3F)C2)CC1. The third-order valence-electron chi connectivity index (χ3n) is 7.09. The maximum atomic E-state index is 15.1. The van der Waals surface area contributed by atoms with E-state index in [9.17, 15) is 8.78 Å². The first-order chi connectivity index (χ1) is 14.5. The number of benzene rings is 2. The van der Waals surface area contributed by atoms with Crippen molar-refractivity contribution in [3.8, 4) is 11.1 Å². The van der Waals surface area contributed by atoms with Gasteiger partial charge in [0.1, 0.15) is 17.5 Å². The first kappa shape index (κ1) is 21.2. The first-order valence-corrected chi connectivity index (χ1v) is 11.5. The molecule has 1 fully saturated rings. The van der Waals surface area contributed by atoms with Crippen LogP contribution in [0.2, 0.25) is 0 Å². The molecule has 0 saturated heterocycles. The summed E-state index contributed by atoms with van der Waals surface area (Å²) in [7, 11) is 0. The molecule has 2 aliphatic carbocycles. The summed E-state index contributed by atoms with van der Waals surface area (Å²) in [5, 5.41) is 0. The monoisotopic (exact) mass is 412 g/mol. The highest BCUT2D eigenvalue weighted by molar-refractivity contribution is 5.67. The van der Waals surface area contributed by atoms with Crippen molar-refractivity contribution in [2.75, 3.05) is 0 Å². The number of fused-ring (bicyclic) bond motifs is 1. The second-order valence-electron chi connectivity index (χ2n) is 9.15. The van der Waals surface area contributed by atoms with Crippen molar-refractivity contribution in [2.24, 2.45) is 11.8 Å². The second-order valence-corrected chi connectivity index (χ2v) is 9.15. The summed E-state index contributed by atoms with van der Waals surface area (Å²) < 4.78 is 43.1. The minimum atomic E-state index is -0.562. The summed E-state index contributed by atoms with van der Waals surface area (Å²) in [6.07, 6.45) is 13.6. The lowest BCUT2D eigenvalue weighted by Gasteiger charge is -2.29. The van der Waals surface area contributed by atoms with Gasteiger partial charge in [0.25, 0.3) is 0 Å². The molecule has 2 aromatic carbocycles. The van der Waals surface area contributed by atoms with Gasteiger partial charge in [0.2, 0.25) is 0 Å². The number of halogens is 3. The fourth-order valence-corrected chi connectivity index (χ4v) is 5.33. The van der Waals surface area contributed by atoms with E-state index < -0.39 is 17.5 Å². The van der Waals surface area contributed by atoms with E-state index in [2.05, 4.69) is 13.0 Å². The zero-order chi connectivity index (χ0) is 21.1. The van der Waals surface area contributed by atoms with Crippen molar-refractivity contribution >= 4 is 0 Å². The molecule has 0 N–H and O–H groups in total. The molecule has 3 heteroatoms. The van der Waals surface area contributed by atoms with Gasteiger partial charge in [0.15, 0.2) is 0 Å². The van der Waals surface area contributed by atoms with Crippen LogP contribution in [-0.4, -0.2) is 0 Å². The van der Waals surface area contributed by atoms with Gasteiger partial charge in [-0.2, -0.15) is 0 Å². The van der Waals surface area contributed by atoms with Gasteiger partial charge in [-0.3, -0.25) is 0 Å². The predicted molar refractivity (Wildman–Crippen MR) is 117 cm³/mol. The molecule has 4 rings (SSSR count). The summed E-state index contributed by atoms with van der Waals surface area (Å²) >= 11 is 0. The standard InChI is InChI=1S/C27H31F3/c1-2-3-18-4-6-19(7-5-18)8-9-20-10-15-24-22(16-20)17-25(29)26(27(24)30)21-11-13-23(28)14-12-21/h10-14,17-19H,2-9,15-16H2,1H3. The Labute approximate surface area is 178 Å². The average Bonchev–Trinajstić information content (AvgIpc) is 2.74. The van der Waals surface area contributed by atoms with E-state index in [0.717, 1.165) is 23.8 Å². The molecule has 160 valence electrons. The Morgan fingerprint density at radius 1 is 0.900 bits per heavy atom. The number of allylic oxidation sites excluding steroid dienone is 2. The Morgan fingerprint density at radius 3 is 2.23 bits per heavy atom. The molecule has 0 nitrogen and oxygen atoms in total. The van der Waals surface area contributed by atoms with Crippen LogP contribution in [-0.2, 0) is 12.8 Å². The fourth-order valence-electron chi connectivity index (χ4n) is 5.33. The smallest absolute Gasteiger partial charge is 0.137 e. The van der Waals surface area contributed by atoms with Crippen LogP contribution in [0.15, 0.2) is 42.0 Å². The highest BCUT2D eigenvalue weighted by atomic mass is 19.1. The summed E-state index contributed by atoms with van der Waals surface area (Å²) in [4.78, 5) is 0. The van der Waals surface area contributed by atoms with Crippen LogP contribution < -0.4 is 0 Å². The zero-order valence-corrected chi connectivity index (χ0v) is 17.8. The maximum Gasteiger partial charge on any atom is 0.137 e. The highest BCUT2D eigenvalue weighted by Crippen LogP contribution is 2.37. The zero-order valence-electron chi connectivity index (χ0n) is 17.8. The van der Waals surface area contributed by atoms with Gasteiger partial charge in [-0.05, 0) is 72.4 Å². The molecule has 0 amide bonds. The van der Waals surface area contributed by atoms with Crippen molar-refractivity contribution < 1.29 is 13.2 Å². The van der Waals surface area contributed by atoms with E-state index in [1.807, 2.05) is 0 Å². The lowest BCUT2D eigenvalue weighted by molar-refractivity contribution is 0.252. The average molecular weight is 413 g/mol. The van der Waals surface area contributed by atoms with Crippen LogP contribution in [0.3, 0.4) is 0 Å². The molecule has 0 aliphatic heterocycles. The molecule has 0 unspecified atom stereocenters. The Morgan fingerprint density at radius 2 is 1.57 bits per heavy atom. The Hall–Kier alpha value is -2.03. The number of hydrogen-bond donors (Lipinski definition) is 0. The molecule has 0 radical (unpaired) electrons. The topological polar surface area (TPSA) is 0 Å². The molecule has 0 atom stereocenters. The number of rotatable bonds is 6. The molecule has 0 aromatic heterocycles. The quantitative estimate of drug-likeness (QED) is 0.420. The van der Waals surface area contributed by atoms with Crippen LogP contribution in [0.5, 0.6) is 0 Å². The molecule has 0 heterocycles. The summed E-state index contributed by atoms with van der Waals surface area (Å²) in [5.74, 6) is 0.251. The van der Waals surface area contributed by atoms with Gasteiger partial charge < -0.3 is 0 Å². The van der Waals surface area contributed by atoms with Crippen molar-refractivity contribution in [1.82, 2.24) is 0 Å². The molecule has 0 spiro atoms. The van der Waals surface area contributed by atoms with Crippen LogP contribution >= 0.6 is 0 Å². The van der Waals surface area contributed by atoms with Crippen molar-refractivity contribution in [3.05, 3.63) is 70.6 Å². The molecule has 2 aliphatic rings. The lowest BCUT2D eigenvalue weighted by atomic mass is 9.77. The van der Waals surface area contributed by atoms with E-state index >= 15 is 4.39 Å². The third-order valence-corrected chi connectivity index (χ3v) is 7.09. The Kier molecular flexibility index (Phi) is 6.65. The van der Waals surface area contributed by atoms with Crippen LogP contribution in [0.4, 0.5) is 13.2 Å². The van der Waals surface area contributed by atoms with Crippen LogP contribution in [0.25, 0.3) is 11.1 Å². The predicted octanol–water partition coefficient (Wildman–Crippen LogP) is 8.18. The summed E-state index contributed by atoms with van der Waals surface area (Å²) in [6, 6.07) is 6.83. The van der Waals surface area contributed by atoms with E-state index in [4.69, 9.17) is 0 Å². The van der Waals surface area contributed by atoms with Crippen molar-refractivity contribution in [3.63, 3.8) is 0 Å². The first-order valence-electron chi connectivity index (χ1n) is 11.5. The summed E-state index contributed by atoms with van der Waals surface area (Å²) in [6.45, 7) is 2.27. The third kappa shape index (κ3) is 4.66. The molecule has 30 heavy (non-hydrogen) atoms. The Balaban J connectivity index is 1.41. The van der Waals surface area contributed by atoms with Crippen molar-refractivity contribution in [2.45, 2.75) is 71.1 Å².